The molecule has 1 amide bonds. The molecule has 0 fully saturated rings. The summed E-state index contributed by atoms with van der Waals surface area (Å²) in [7, 11) is 0. The van der Waals surface area contributed by atoms with E-state index in [4.69, 9.17) is 4.74 Å². The molecular weight excluding hydrogens is 442 g/mol. The van der Waals surface area contributed by atoms with Crippen molar-refractivity contribution in [2.75, 3.05) is 5.32 Å². The van der Waals surface area contributed by atoms with Gasteiger partial charge in [-0.3, -0.25) is 4.79 Å². The van der Waals surface area contributed by atoms with Crippen molar-refractivity contribution in [2.45, 2.75) is 12.5 Å². The summed E-state index contributed by atoms with van der Waals surface area (Å²) in [5.41, 5.74) is 4.43. The fourth-order valence-electron chi connectivity index (χ4n) is 4.88. The van der Waals surface area contributed by atoms with E-state index in [0.29, 0.717) is 11.3 Å². The van der Waals surface area contributed by atoms with Crippen LogP contribution in [0.15, 0.2) is 121 Å². The number of aryl methyl sites for hydroxylation is 1. The fourth-order valence-corrected chi connectivity index (χ4v) is 4.88. The van der Waals surface area contributed by atoms with Gasteiger partial charge >= 0.3 is 0 Å². The summed E-state index contributed by atoms with van der Waals surface area (Å²) in [6.07, 6.45) is 4.21. The van der Waals surface area contributed by atoms with Crippen molar-refractivity contribution >= 4 is 28.4 Å². The van der Waals surface area contributed by atoms with Gasteiger partial charge in [-0.1, -0.05) is 103 Å². The minimum Gasteiger partial charge on any atom is -0.472 e. The van der Waals surface area contributed by atoms with E-state index >= 15 is 0 Å². The maximum atomic E-state index is 13.7. The van der Waals surface area contributed by atoms with Crippen molar-refractivity contribution in [1.29, 1.82) is 0 Å². The Hall–Kier alpha value is -4.63. The maximum absolute atomic E-state index is 13.7. The Morgan fingerprint density at radius 3 is 2.03 bits per heavy atom. The Balaban J connectivity index is 1.54. The second-order valence-corrected chi connectivity index (χ2v) is 9.11. The topological polar surface area (TPSA) is 38.3 Å². The monoisotopic (exact) mass is 467 g/mol. The number of nitrogens with one attached hydrogen (secondary N) is 1. The van der Waals surface area contributed by atoms with Crippen molar-refractivity contribution in [3.8, 4) is 5.75 Å². The average Bonchev–Trinajstić information content (AvgIpc) is 2.94. The predicted octanol–water partition coefficient (Wildman–Crippen LogP) is 7.75. The van der Waals surface area contributed by atoms with Gasteiger partial charge in [-0.15, -0.1) is 0 Å². The molecule has 0 saturated carbocycles. The Bertz CT molecular complexity index is 1550. The molecule has 5 aromatic rings. The first kappa shape index (κ1) is 21.9. The lowest BCUT2D eigenvalue weighted by atomic mass is 9.82. The van der Waals surface area contributed by atoms with Crippen molar-refractivity contribution in [1.82, 2.24) is 0 Å². The standard InChI is InChI=1S/C33H25NO2/c1-23-16-18-27(19-17-23)34-32(35)30-22-24-10-8-9-15-28(24)29-20-21-33(36-31(29)30,25-11-4-2-5-12-25)26-13-6-3-7-14-26/h2-22H,1H3,(H,34,35). The van der Waals surface area contributed by atoms with Gasteiger partial charge in [-0.25, -0.2) is 0 Å². The molecule has 0 bridgehead atoms. The summed E-state index contributed by atoms with van der Waals surface area (Å²) in [5.74, 6) is 0.375. The van der Waals surface area contributed by atoms with Gasteiger partial charge in [-0.05, 0) is 48.0 Å². The lowest BCUT2D eigenvalue weighted by molar-refractivity contribution is 0.101. The highest BCUT2D eigenvalue weighted by Gasteiger charge is 2.38. The number of carbonyl (C=O) groups is 1. The number of amides is 1. The molecule has 5 aromatic carbocycles. The minimum atomic E-state index is -0.864. The third-order valence-corrected chi connectivity index (χ3v) is 6.75. The second kappa shape index (κ2) is 8.86. The minimum absolute atomic E-state index is 0.203. The molecule has 36 heavy (non-hydrogen) atoms. The van der Waals surface area contributed by atoms with E-state index in [2.05, 4.69) is 47.8 Å². The van der Waals surface area contributed by atoms with Gasteiger partial charge in [0.05, 0.1) is 5.56 Å². The summed E-state index contributed by atoms with van der Waals surface area (Å²) < 4.78 is 6.96. The van der Waals surface area contributed by atoms with E-state index in [1.165, 1.54) is 0 Å². The van der Waals surface area contributed by atoms with Crippen molar-refractivity contribution in [3.63, 3.8) is 0 Å². The first-order chi connectivity index (χ1) is 17.6. The smallest absolute Gasteiger partial charge is 0.259 e. The van der Waals surface area contributed by atoms with Gasteiger partial charge in [0.1, 0.15) is 5.75 Å². The van der Waals surface area contributed by atoms with Crippen molar-refractivity contribution in [2.24, 2.45) is 0 Å². The third kappa shape index (κ3) is 3.75. The number of benzene rings is 5. The van der Waals surface area contributed by atoms with Crippen LogP contribution >= 0.6 is 0 Å². The molecule has 3 heteroatoms. The van der Waals surface area contributed by atoms with Gasteiger partial charge in [0.2, 0.25) is 0 Å². The molecule has 0 aliphatic carbocycles. The number of anilines is 1. The molecule has 1 N–H and O–H groups in total. The van der Waals surface area contributed by atoms with Crippen LogP contribution in [-0.4, -0.2) is 5.91 Å². The summed E-state index contributed by atoms with van der Waals surface area (Å²) in [4.78, 5) is 13.7. The molecule has 1 heterocycles. The molecule has 3 nitrogen and oxygen atoms in total. The zero-order valence-corrected chi connectivity index (χ0v) is 19.9. The number of carbonyl (C=O) groups excluding carboxylic acids is 1. The summed E-state index contributed by atoms with van der Waals surface area (Å²) >= 11 is 0. The molecule has 6 rings (SSSR count). The van der Waals surface area contributed by atoms with E-state index in [9.17, 15) is 4.79 Å². The van der Waals surface area contributed by atoms with Crippen LogP contribution in [0.25, 0.3) is 16.8 Å². The maximum Gasteiger partial charge on any atom is 0.259 e. The SMILES string of the molecule is Cc1ccc(NC(=O)c2cc3ccccc3c3c2OC(c2ccccc2)(c2ccccc2)C=C3)cc1. The van der Waals surface area contributed by atoms with Crippen LogP contribution in [0.1, 0.15) is 32.6 Å². The highest BCUT2D eigenvalue weighted by molar-refractivity contribution is 6.11. The third-order valence-electron chi connectivity index (χ3n) is 6.75. The largest absolute Gasteiger partial charge is 0.472 e. The molecular formula is C33H25NO2. The van der Waals surface area contributed by atoms with Crippen molar-refractivity contribution < 1.29 is 9.53 Å². The quantitative estimate of drug-likeness (QED) is 0.293. The number of ether oxygens (including phenoxy) is 1. The Morgan fingerprint density at radius 2 is 1.36 bits per heavy atom. The lowest BCUT2D eigenvalue weighted by Gasteiger charge is -2.37. The zero-order valence-electron chi connectivity index (χ0n) is 19.9. The molecule has 1 aliphatic heterocycles. The number of rotatable bonds is 4. The van der Waals surface area contributed by atoms with Crippen LogP contribution in [-0.2, 0) is 5.60 Å². The van der Waals surface area contributed by atoms with Gasteiger partial charge in [-0.2, -0.15) is 0 Å². The molecule has 0 radical (unpaired) electrons. The Kier molecular flexibility index (Phi) is 5.38. The molecule has 0 spiro atoms. The van der Waals surface area contributed by atoms with E-state index in [1.54, 1.807) is 0 Å². The van der Waals surface area contributed by atoms with E-state index in [1.807, 2.05) is 91.9 Å². The first-order valence-corrected chi connectivity index (χ1v) is 12.1. The van der Waals surface area contributed by atoms with Crippen LogP contribution < -0.4 is 10.1 Å². The Labute approximate surface area is 210 Å². The zero-order chi connectivity index (χ0) is 24.5. The Morgan fingerprint density at radius 1 is 0.750 bits per heavy atom. The summed E-state index contributed by atoms with van der Waals surface area (Å²) in [6.45, 7) is 2.03. The molecule has 1 aliphatic rings. The molecule has 174 valence electrons. The number of fused-ring (bicyclic) bond motifs is 3. The molecule has 0 aromatic heterocycles. The van der Waals surface area contributed by atoms with Crippen LogP contribution in [0.5, 0.6) is 5.75 Å². The second-order valence-electron chi connectivity index (χ2n) is 9.11. The fraction of sp³-hybridized carbons (Fsp3) is 0.0606. The first-order valence-electron chi connectivity index (χ1n) is 12.1. The van der Waals surface area contributed by atoms with Crippen LogP contribution in [0, 0.1) is 6.92 Å². The van der Waals surface area contributed by atoms with E-state index < -0.39 is 5.60 Å². The lowest BCUT2D eigenvalue weighted by Crippen LogP contribution is -2.35. The average molecular weight is 468 g/mol. The summed E-state index contributed by atoms with van der Waals surface area (Å²) in [6, 6.07) is 38.1. The van der Waals surface area contributed by atoms with Gasteiger partial charge < -0.3 is 10.1 Å². The normalized spacial score (nSPS) is 13.6. The van der Waals surface area contributed by atoms with Crippen LogP contribution in [0.2, 0.25) is 0 Å². The highest BCUT2D eigenvalue weighted by atomic mass is 16.5. The number of hydrogen-bond donors (Lipinski definition) is 1. The van der Waals surface area contributed by atoms with Crippen LogP contribution in [0.4, 0.5) is 5.69 Å². The molecule has 0 atom stereocenters. The molecule has 0 unspecified atom stereocenters. The van der Waals surface area contributed by atoms with Crippen molar-refractivity contribution in [3.05, 3.63) is 149 Å². The van der Waals surface area contributed by atoms with E-state index in [0.717, 1.165) is 38.7 Å². The van der Waals surface area contributed by atoms with Gasteiger partial charge in [0.25, 0.3) is 5.91 Å². The van der Waals surface area contributed by atoms with E-state index in [-0.39, 0.29) is 5.91 Å². The van der Waals surface area contributed by atoms with Gasteiger partial charge in [0.15, 0.2) is 5.60 Å². The molecule has 0 saturated heterocycles. The predicted molar refractivity (Wildman–Crippen MR) is 146 cm³/mol. The number of hydrogen-bond acceptors (Lipinski definition) is 2. The summed E-state index contributed by atoms with van der Waals surface area (Å²) in [5, 5.41) is 5.10. The van der Waals surface area contributed by atoms with Gasteiger partial charge in [0, 0.05) is 22.4 Å². The highest BCUT2D eigenvalue weighted by Crippen LogP contribution is 2.46. The van der Waals surface area contributed by atoms with Crippen LogP contribution in [0.3, 0.4) is 0 Å².